The van der Waals surface area contributed by atoms with Crippen LogP contribution in [0.2, 0.25) is 0 Å². The number of rotatable bonds is 4. The number of nitrogens with two attached hydrogens (primary N) is 1. The number of anilines is 1. The van der Waals surface area contributed by atoms with E-state index in [1.807, 2.05) is 19.1 Å². The Labute approximate surface area is 130 Å². The lowest BCUT2D eigenvalue weighted by molar-refractivity contribution is -0.119. The van der Waals surface area contributed by atoms with Crippen LogP contribution in [-0.4, -0.2) is 36.5 Å². The molecule has 1 fully saturated rings. The van der Waals surface area contributed by atoms with Crippen LogP contribution in [-0.2, 0) is 4.79 Å². The topological polar surface area (TPSA) is 84.7 Å². The molecule has 6 heteroatoms. The molecule has 0 saturated carbocycles. The highest BCUT2D eigenvalue weighted by atomic mass is 16.5. The van der Waals surface area contributed by atoms with Gasteiger partial charge in [0.2, 0.25) is 5.91 Å². The molecule has 1 aliphatic heterocycles. The van der Waals surface area contributed by atoms with Crippen LogP contribution < -0.4 is 15.8 Å². The standard InChI is InChI=1S/C16H23N3O3/c1-11-6-5-8-13(22-2)15(11)18-16(21)19-9-4-3-7-12(19)10-14(17)20/h5-6,8,12H,3-4,7,9-10H2,1-2H3,(H2,17,20)(H,18,21). The van der Waals surface area contributed by atoms with E-state index in [0.29, 0.717) is 18.0 Å². The van der Waals surface area contributed by atoms with Gasteiger partial charge in [0.1, 0.15) is 5.75 Å². The second-order valence-electron chi connectivity index (χ2n) is 5.60. The highest BCUT2D eigenvalue weighted by molar-refractivity contribution is 5.92. The van der Waals surface area contributed by atoms with Gasteiger partial charge in [0.05, 0.1) is 12.8 Å². The van der Waals surface area contributed by atoms with Gasteiger partial charge in [-0.3, -0.25) is 4.79 Å². The van der Waals surface area contributed by atoms with Gasteiger partial charge in [0, 0.05) is 19.0 Å². The molecule has 0 aliphatic carbocycles. The van der Waals surface area contributed by atoms with Gasteiger partial charge < -0.3 is 20.7 Å². The predicted octanol–water partition coefficient (Wildman–Crippen LogP) is 2.27. The highest BCUT2D eigenvalue weighted by Gasteiger charge is 2.28. The number of aryl methyl sites for hydroxylation is 1. The van der Waals surface area contributed by atoms with E-state index in [4.69, 9.17) is 10.5 Å². The van der Waals surface area contributed by atoms with Crippen molar-refractivity contribution in [3.8, 4) is 5.75 Å². The normalized spacial score (nSPS) is 17.9. The van der Waals surface area contributed by atoms with E-state index in [2.05, 4.69) is 5.32 Å². The number of piperidine rings is 1. The van der Waals surface area contributed by atoms with Crippen molar-refractivity contribution in [1.82, 2.24) is 4.90 Å². The number of primary amides is 1. The van der Waals surface area contributed by atoms with Crippen LogP contribution in [0.15, 0.2) is 18.2 Å². The molecular formula is C16H23N3O3. The molecule has 1 aromatic rings. The summed E-state index contributed by atoms with van der Waals surface area (Å²) in [5, 5.41) is 2.91. The Morgan fingerprint density at radius 1 is 1.41 bits per heavy atom. The van der Waals surface area contributed by atoms with Gasteiger partial charge in [-0.05, 0) is 37.8 Å². The summed E-state index contributed by atoms with van der Waals surface area (Å²) < 4.78 is 5.30. The number of nitrogens with zero attached hydrogens (tertiary/aromatic N) is 1. The zero-order valence-electron chi connectivity index (χ0n) is 13.1. The summed E-state index contributed by atoms with van der Waals surface area (Å²) in [7, 11) is 1.57. The third kappa shape index (κ3) is 3.69. The first-order valence-corrected chi connectivity index (χ1v) is 7.52. The summed E-state index contributed by atoms with van der Waals surface area (Å²) in [6.07, 6.45) is 2.96. The molecule has 22 heavy (non-hydrogen) atoms. The van der Waals surface area contributed by atoms with Gasteiger partial charge in [0.25, 0.3) is 0 Å². The van der Waals surface area contributed by atoms with Crippen molar-refractivity contribution in [2.45, 2.75) is 38.6 Å². The summed E-state index contributed by atoms with van der Waals surface area (Å²) in [5.74, 6) is 0.245. The number of likely N-dealkylation sites (tertiary alicyclic amines) is 1. The summed E-state index contributed by atoms with van der Waals surface area (Å²) in [5.41, 5.74) is 6.88. The van der Waals surface area contributed by atoms with Crippen LogP contribution in [0.5, 0.6) is 5.75 Å². The fourth-order valence-electron chi connectivity index (χ4n) is 2.86. The number of carbonyl (C=O) groups excluding carboxylic acids is 2. The number of hydrogen-bond acceptors (Lipinski definition) is 3. The first-order valence-electron chi connectivity index (χ1n) is 7.52. The largest absolute Gasteiger partial charge is 0.495 e. The molecule has 1 aliphatic rings. The van der Waals surface area contributed by atoms with Crippen LogP contribution >= 0.6 is 0 Å². The number of benzene rings is 1. The van der Waals surface area contributed by atoms with Gasteiger partial charge in [-0.1, -0.05) is 12.1 Å². The molecule has 6 nitrogen and oxygen atoms in total. The summed E-state index contributed by atoms with van der Waals surface area (Å²) >= 11 is 0. The van der Waals surface area contributed by atoms with Gasteiger partial charge >= 0.3 is 6.03 Å². The number of urea groups is 1. The molecule has 1 atom stereocenters. The third-order valence-electron chi connectivity index (χ3n) is 4.01. The molecule has 1 saturated heterocycles. The molecule has 1 unspecified atom stereocenters. The van der Waals surface area contributed by atoms with E-state index in [-0.39, 0.29) is 24.4 Å². The Bertz CT molecular complexity index is 560. The first kappa shape index (κ1) is 16.1. The van der Waals surface area contributed by atoms with E-state index in [1.165, 1.54) is 0 Å². The number of amides is 3. The number of para-hydroxylation sites is 1. The lowest BCUT2D eigenvalue weighted by atomic mass is 9.99. The Balaban J connectivity index is 2.15. The smallest absolute Gasteiger partial charge is 0.322 e. The summed E-state index contributed by atoms with van der Waals surface area (Å²) in [6, 6.07) is 5.26. The molecule has 1 heterocycles. The first-order chi connectivity index (χ1) is 10.5. The highest BCUT2D eigenvalue weighted by Crippen LogP contribution is 2.29. The molecule has 0 radical (unpaired) electrons. The Morgan fingerprint density at radius 2 is 2.18 bits per heavy atom. The minimum atomic E-state index is -0.377. The molecule has 3 amide bonds. The molecule has 0 spiro atoms. The van der Waals surface area contributed by atoms with Crippen molar-refractivity contribution in [1.29, 1.82) is 0 Å². The fraction of sp³-hybridized carbons (Fsp3) is 0.500. The summed E-state index contributed by atoms with van der Waals surface area (Å²) in [4.78, 5) is 25.5. The van der Waals surface area contributed by atoms with E-state index in [1.54, 1.807) is 18.1 Å². The minimum absolute atomic E-state index is 0.124. The number of ether oxygens (including phenoxy) is 1. The number of methoxy groups -OCH3 is 1. The van der Waals surface area contributed by atoms with Crippen molar-refractivity contribution in [3.63, 3.8) is 0 Å². The molecule has 0 aromatic heterocycles. The van der Waals surface area contributed by atoms with Crippen LogP contribution in [0.3, 0.4) is 0 Å². The van der Waals surface area contributed by atoms with Crippen LogP contribution in [0, 0.1) is 6.92 Å². The van der Waals surface area contributed by atoms with Gasteiger partial charge in [-0.25, -0.2) is 4.79 Å². The van der Waals surface area contributed by atoms with Crippen LogP contribution in [0.4, 0.5) is 10.5 Å². The van der Waals surface area contributed by atoms with Crippen molar-refractivity contribution in [3.05, 3.63) is 23.8 Å². The quantitative estimate of drug-likeness (QED) is 0.895. The van der Waals surface area contributed by atoms with E-state index in [0.717, 1.165) is 24.8 Å². The summed E-state index contributed by atoms with van der Waals surface area (Å²) in [6.45, 7) is 2.55. The van der Waals surface area contributed by atoms with Crippen molar-refractivity contribution in [2.24, 2.45) is 5.73 Å². The number of nitrogens with one attached hydrogen (secondary N) is 1. The Morgan fingerprint density at radius 3 is 2.86 bits per heavy atom. The fourth-order valence-corrected chi connectivity index (χ4v) is 2.86. The van der Waals surface area contributed by atoms with E-state index in [9.17, 15) is 9.59 Å². The molecule has 0 bridgehead atoms. The second kappa shape index (κ2) is 7.15. The van der Waals surface area contributed by atoms with E-state index < -0.39 is 0 Å². The average Bonchev–Trinajstić information content (AvgIpc) is 2.49. The van der Waals surface area contributed by atoms with Crippen molar-refractivity contribution >= 4 is 17.6 Å². The average molecular weight is 305 g/mol. The Hall–Kier alpha value is -2.24. The monoisotopic (exact) mass is 305 g/mol. The molecule has 3 N–H and O–H groups in total. The number of carbonyl (C=O) groups is 2. The lowest BCUT2D eigenvalue weighted by Gasteiger charge is -2.35. The SMILES string of the molecule is COc1cccc(C)c1NC(=O)N1CCCCC1CC(N)=O. The van der Waals surface area contributed by atoms with Crippen molar-refractivity contribution < 1.29 is 14.3 Å². The zero-order chi connectivity index (χ0) is 16.1. The molecule has 2 rings (SSSR count). The van der Waals surface area contributed by atoms with E-state index >= 15 is 0 Å². The minimum Gasteiger partial charge on any atom is -0.495 e. The molecular weight excluding hydrogens is 282 g/mol. The van der Waals surface area contributed by atoms with Crippen molar-refractivity contribution in [2.75, 3.05) is 19.0 Å². The van der Waals surface area contributed by atoms with Crippen LogP contribution in [0.1, 0.15) is 31.2 Å². The number of hydrogen-bond donors (Lipinski definition) is 2. The van der Waals surface area contributed by atoms with Gasteiger partial charge in [0.15, 0.2) is 0 Å². The third-order valence-corrected chi connectivity index (χ3v) is 4.01. The maximum Gasteiger partial charge on any atom is 0.322 e. The molecule has 120 valence electrons. The molecule has 1 aromatic carbocycles. The van der Waals surface area contributed by atoms with Gasteiger partial charge in [-0.2, -0.15) is 0 Å². The second-order valence-corrected chi connectivity index (χ2v) is 5.60. The zero-order valence-corrected chi connectivity index (χ0v) is 13.1. The lowest BCUT2D eigenvalue weighted by Crippen LogP contribution is -2.47. The maximum atomic E-state index is 12.6. The predicted molar refractivity (Wildman–Crippen MR) is 84.9 cm³/mol. The van der Waals surface area contributed by atoms with Gasteiger partial charge in [-0.15, -0.1) is 0 Å². The Kier molecular flexibility index (Phi) is 5.25. The maximum absolute atomic E-state index is 12.6. The van der Waals surface area contributed by atoms with Crippen LogP contribution in [0.25, 0.3) is 0 Å².